The largest absolute Gasteiger partial charge is 0.339 e. The van der Waals surface area contributed by atoms with E-state index >= 15 is 0 Å². The lowest BCUT2D eigenvalue weighted by Crippen LogP contribution is -2.52. The fourth-order valence-corrected chi connectivity index (χ4v) is 4.51. The van der Waals surface area contributed by atoms with Crippen molar-refractivity contribution < 1.29 is 17.6 Å². The van der Waals surface area contributed by atoms with Crippen LogP contribution in [0.3, 0.4) is 0 Å². The zero-order chi connectivity index (χ0) is 20.1. The molecule has 1 unspecified atom stereocenters. The van der Waals surface area contributed by atoms with Crippen molar-refractivity contribution in [3.05, 3.63) is 60.2 Å². The topological polar surface area (TPSA) is 82.6 Å². The summed E-state index contributed by atoms with van der Waals surface area (Å²) in [7, 11) is -3.76. The molecule has 1 aliphatic heterocycles. The predicted octanol–water partition coefficient (Wildman–Crippen LogP) is 1.40. The van der Waals surface area contributed by atoms with Gasteiger partial charge in [0.1, 0.15) is 5.82 Å². The monoisotopic (exact) mass is 406 g/mol. The summed E-state index contributed by atoms with van der Waals surface area (Å²) >= 11 is 0. The van der Waals surface area contributed by atoms with Gasteiger partial charge in [-0.2, -0.15) is 4.31 Å². The zero-order valence-electron chi connectivity index (χ0n) is 15.6. The van der Waals surface area contributed by atoms with Gasteiger partial charge in [-0.1, -0.05) is 12.1 Å². The van der Waals surface area contributed by atoms with E-state index < -0.39 is 15.8 Å². The highest BCUT2D eigenvalue weighted by molar-refractivity contribution is 7.89. The summed E-state index contributed by atoms with van der Waals surface area (Å²) < 4.78 is 39.9. The minimum Gasteiger partial charge on any atom is -0.339 e. The SMILES string of the molecule is CC(NCC(=O)N1CCN(S(=O)(=O)c2cccc(F)c2)CC1)c1cccnc1. The molecule has 1 amide bonds. The Morgan fingerprint density at radius 3 is 2.61 bits per heavy atom. The van der Waals surface area contributed by atoms with Gasteiger partial charge in [-0.25, -0.2) is 12.8 Å². The first-order valence-corrected chi connectivity index (χ1v) is 10.5. The number of hydrogen-bond acceptors (Lipinski definition) is 5. The number of carbonyl (C=O) groups excluding carboxylic acids is 1. The summed E-state index contributed by atoms with van der Waals surface area (Å²) in [5.41, 5.74) is 0.987. The van der Waals surface area contributed by atoms with Gasteiger partial charge < -0.3 is 10.2 Å². The van der Waals surface area contributed by atoms with Gasteiger partial charge >= 0.3 is 0 Å². The van der Waals surface area contributed by atoms with Crippen LogP contribution in [-0.4, -0.2) is 61.2 Å². The van der Waals surface area contributed by atoms with Crippen molar-refractivity contribution in [2.75, 3.05) is 32.7 Å². The fraction of sp³-hybridized carbons (Fsp3) is 0.368. The van der Waals surface area contributed by atoms with Gasteiger partial charge in [0.05, 0.1) is 11.4 Å². The number of pyridine rings is 1. The van der Waals surface area contributed by atoms with Crippen LogP contribution in [0.15, 0.2) is 53.7 Å². The molecule has 9 heteroatoms. The molecule has 0 radical (unpaired) electrons. The van der Waals surface area contributed by atoms with Crippen LogP contribution in [0.1, 0.15) is 18.5 Å². The second kappa shape index (κ2) is 8.76. The standard InChI is InChI=1S/C19H23FN4O3S/c1-15(16-4-3-7-21-13-16)22-14-19(25)23-8-10-24(11-9-23)28(26,27)18-6-2-5-17(20)12-18/h2-7,12-13,15,22H,8-11,14H2,1H3. The number of nitrogens with one attached hydrogen (secondary N) is 1. The molecule has 2 aromatic rings. The van der Waals surface area contributed by atoms with E-state index in [-0.39, 0.29) is 36.5 Å². The lowest BCUT2D eigenvalue weighted by Gasteiger charge is -2.34. The molecule has 3 rings (SSSR count). The van der Waals surface area contributed by atoms with Gasteiger partial charge in [0.25, 0.3) is 0 Å². The van der Waals surface area contributed by atoms with Crippen LogP contribution in [0.2, 0.25) is 0 Å². The minimum atomic E-state index is -3.76. The van der Waals surface area contributed by atoms with Gasteiger partial charge in [-0.3, -0.25) is 9.78 Å². The first kappa shape index (κ1) is 20.4. The first-order chi connectivity index (χ1) is 13.4. The van der Waals surface area contributed by atoms with Crippen LogP contribution in [0.25, 0.3) is 0 Å². The molecule has 1 atom stereocenters. The quantitative estimate of drug-likeness (QED) is 0.784. The van der Waals surface area contributed by atoms with Gasteiger partial charge in [0, 0.05) is 44.6 Å². The Balaban J connectivity index is 1.52. The van der Waals surface area contributed by atoms with E-state index in [1.807, 2.05) is 19.1 Å². The van der Waals surface area contributed by atoms with E-state index in [0.29, 0.717) is 13.1 Å². The van der Waals surface area contributed by atoms with Crippen LogP contribution >= 0.6 is 0 Å². The van der Waals surface area contributed by atoms with Crippen molar-refractivity contribution in [3.8, 4) is 0 Å². The Kier molecular flexibility index (Phi) is 6.38. The summed E-state index contributed by atoms with van der Waals surface area (Å²) in [4.78, 5) is 18.1. The molecule has 0 spiro atoms. The molecule has 1 fully saturated rings. The molecule has 1 aromatic heterocycles. The first-order valence-electron chi connectivity index (χ1n) is 9.05. The van der Waals surface area contributed by atoms with Gasteiger partial charge in [0.15, 0.2) is 0 Å². The highest BCUT2D eigenvalue weighted by Crippen LogP contribution is 2.18. The number of hydrogen-bond donors (Lipinski definition) is 1. The molecule has 1 aliphatic rings. The van der Waals surface area contributed by atoms with Crippen molar-refractivity contribution in [1.29, 1.82) is 0 Å². The average molecular weight is 406 g/mol. The summed E-state index contributed by atoms with van der Waals surface area (Å²) in [6, 6.07) is 8.72. The molecule has 0 saturated carbocycles. The Hall–Kier alpha value is -2.36. The van der Waals surface area contributed by atoms with Gasteiger partial charge in [-0.05, 0) is 36.8 Å². The number of piperazine rings is 1. The Morgan fingerprint density at radius 1 is 1.21 bits per heavy atom. The number of carbonyl (C=O) groups is 1. The highest BCUT2D eigenvalue weighted by Gasteiger charge is 2.30. The van der Waals surface area contributed by atoms with E-state index in [2.05, 4.69) is 10.3 Å². The minimum absolute atomic E-state index is 0.0210. The van der Waals surface area contributed by atoms with Crippen molar-refractivity contribution in [2.45, 2.75) is 17.9 Å². The molecule has 2 heterocycles. The summed E-state index contributed by atoms with van der Waals surface area (Å²) in [5.74, 6) is -0.678. The number of sulfonamides is 1. The third-order valence-corrected chi connectivity index (χ3v) is 6.66. The van der Waals surface area contributed by atoms with E-state index in [1.54, 1.807) is 17.3 Å². The number of amides is 1. The second-order valence-corrected chi connectivity index (χ2v) is 8.57. The Bertz CT molecular complexity index is 916. The molecule has 150 valence electrons. The maximum absolute atomic E-state index is 13.4. The number of benzene rings is 1. The van der Waals surface area contributed by atoms with Gasteiger partial charge in [0.2, 0.25) is 15.9 Å². The van der Waals surface area contributed by atoms with Crippen LogP contribution < -0.4 is 5.32 Å². The number of rotatable bonds is 6. The summed E-state index contributed by atoms with van der Waals surface area (Å²) in [6.45, 7) is 3.08. The van der Waals surface area contributed by atoms with Crippen molar-refractivity contribution in [1.82, 2.24) is 19.5 Å². The number of aromatic nitrogens is 1. The van der Waals surface area contributed by atoms with E-state index in [9.17, 15) is 17.6 Å². The molecular formula is C19H23FN4O3S. The fourth-order valence-electron chi connectivity index (χ4n) is 3.06. The normalized spacial score (nSPS) is 16.7. The molecular weight excluding hydrogens is 383 g/mol. The number of halogens is 1. The molecule has 1 N–H and O–H groups in total. The third kappa shape index (κ3) is 4.73. The molecule has 1 saturated heterocycles. The molecule has 7 nitrogen and oxygen atoms in total. The van der Waals surface area contributed by atoms with Crippen molar-refractivity contribution in [3.63, 3.8) is 0 Å². The maximum Gasteiger partial charge on any atom is 0.243 e. The van der Waals surface area contributed by atoms with E-state index in [4.69, 9.17) is 0 Å². The van der Waals surface area contributed by atoms with E-state index in [1.165, 1.54) is 22.5 Å². The maximum atomic E-state index is 13.4. The lowest BCUT2D eigenvalue weighted by atomic mass is 10.1. The molecule has 28 heavy (non-hydrogen) atoms. The Labute approximate surface area is 164 Å². The van der Waals surface area contributed by atoms with Crippen LogP contribution in [0, 0.1) is 5.82 Å². The Morgan fingerprint density at radius 2 is 1.96 bits per heavy atom. The van der Waals surface area contributed by atoms with Crippen LogP contribution in [0.4, 0.5) is 4.39 Å². The second-order valence-electron chi connectivity index (χ2n) is 6.63. The molecule has 0 bridgehead atoms. The zero-order valence-corrected chi connectivity index (χ0v) is 16.4. The predicted molar refractivity (Wildman–Crippen MR) is 102 cm³/mol. The smallest absolute Gasteiger partial charge is 0.243 e. The average Bonchev–Trinajstić information content (AvgIpc) is 2.72. The van der Waals surface area contributed by atoms with Gasteiger partial charge in [-0.15, -0.1) is 0 Å². The molecule has 0 aliphatic carbocycles. The van der Waals surface area contributed by atoms with Crippen molar-refractivity contribution in [2.24, 2.45) is 0 Å². The molecule has 1 aromatic carbocycles. The lowest BCUT2D eigenvalue weighted by molar-refractivity contribution is -0.131. The van der Waals surface area contributed by atoms with E-state index in [0.717, 1.165) is 11.6 Å². The highest BCUT2D eigenvalue weighted by atomic mass is 32.2. The van der Waals surface area contributed by atoms with Crippen LogP contribution in [-0.2, 0) is 14.8 Å². The summed E-state index contributed by atoms with van der Waals surface area (Å²) in [5, 5.41) is 3.16. The van der Waals surface area contributed by atoms with Crippen molar-refractivity contribution >= 4 is 15.9 Å². The summed E-state index contributed by atoms with van der Waals surface area (Å²) in [6.07, 6.45) is 3.44. The van der Waals surface area contributed by atoms with Crippen LogP contribution in [0.5, 0.6) is 0 Å². The third-order valence-electron chi connectivity index (χ3n) is 4.77. The number of nitrogens with zero attached hydrogens (tertiary/aromatic N) is 3.